The van der Waals surface area contributed by atoms with Crippen molar-refractivity contribution in [1.82, 2.24) is 15.0 Å². The molecule has 0 saturated heterocycles. The molecule has 2 aromatic heterocycles. The Hall–Kier alpha value is -3.21. The number of ether oxygens (including phenoxy) is 1. The average molecular weight is 319 g/mol. The summed E-state index contributed by atoms with van der Waals surface area (Å²) in [6.07, 6.45) is 1.64. The number of fused-ring (bicyclic) bond motifs is 1. The SMILES string of the molecule is COc1ccc(-c2nc3ncc(-c4ccccc4F)cc3[nH]2)cc1. The molecule has 2 aromatic carbocycles. The van der Waals surface area contributed by atoms with Gasteiger partial charge in [-0.05, 0) is 36.4 Å². The van der Waals surface area contributed by atoms with Gasteiger partial charge in [0.1, 0.15) is 17.4 Å². The van der Waals surface area contributed by atoms with Crippen molar-refractivity contribution < 1.29 is 9.13 Å². The van der Waals surface area contributed by atoms with E-state index in [2.05, 4.69) is 15.0 Å². The first-order valence-electron chi connectivity index (χ1n) is 7.50. The van der Waals surface area contributed by atoms with E-state index in [1.165, 1.54) is 6.07 Å². The van der Waals surface area contributed by atoms with Gasteiger partial charge in [0.2, 0.25) is 0 Å². The monoisotopic (exact) mass is 319 g/mol. The van der Waals surface area contributed by atoms with Gasteiger partial charge in [-0.3, -0.25) is 0 Å². The Morgan fingerprint density at radius 1 is 1.00 bits per heavy atom. The normalized spacial score (nSPS) is 10.9. The van der Waals surface area contributed by atoms with Crippen molar-refractivity contribution in [3.63, 3.8) is 0 Å². The maximum absolute atomic E-state index is 14.0. The molecule has 0 unspecified atom stereocenters. The maximum Gasteiger partial charge on any atom is 0.178 e. The summed E-state index contributed by atoms with van der Waals surface area (Å²) in [5, 5.41) is 0. The zero-order valence-corrected chi connectivity index (χ0v) is 13.0. The van der Waals surface area contributed by atoms with E-state index in [1.807, 2.05) is 30.3 Å². The first-order chi connectivity index (χ1) is 11.7. The molecule has 0 aliphatic heterocycles. The minimum absolute atomic E-state index is 0.270. The summed E-state index contributed by atoms with van der Waals surface area (Å²) < 4.78 is 19.1. The van der Waals surface area contributed by atoms with E-state index in [9.17, 15) is 4.39 Å². The van der Waals surface area contributed by atoms with Crippen LogP contribution in [0.4, 0.5) is 4.39 Å². The number of rotatable bonds is 3. The smallest absolute Gasteiger partial charge is 0.178 e. The van der Waals surface area contributed by atoms with E-state index < -0.39 is 0 Å². The Bertz CT molecular complexity index is 1010. The van der Waals surface area contributed by atoms with Crippen LogP contribution in [0.15, 0.2) is 60.8 Å². The van der Waals surface area contributed by atoms with E-state index in [1.54, 1.807) is 31.5 Å². The standard InChI is InChI=1S/C19H14FN3O/c1-24-14-8-6-12(7-9-14)18-22-17-10-13(11-21-19(17)23-18)15-4-2-3-5-16(15)20/h2-11H,1H3,(H,21,22,23). The van der Waals surface area contributed by atoms with Crippen molar-refractivity contribution in [2.45, 2.75) is 0 Å². The third kappa shape index (κ3) is 2.50. The number of aromatic amines is 1. The van der Waals surface area contributed by atoms with Crippen LogP contribution in [0.1, 0.15) is 0 Å². The summed E-state index contributed by atoms with van der Waals surface area (Å²) >= 11 is 0. The largest absolute Gasteiger partial charge is 0.497 e. The molecule has 0 saturated carbocycles. The van der Waals surface area contributed by atoms with Gasteiger partial charge in [0, 0.05) is 22.9 Å². The third-order valence-corrected chi connectivity index (χ3v) is 3.89. The molecule has 118 valence electrons. The van der Waals surface area contributed by atoms with Gasteiger partial charge >= 0.3 is 0 Å². The predicted octanol–water partition coefficient (Wildman–Crippen LogP) is 4.44. The summed E-state index contributed by atoms with van der Waals surface area (Å²) in [4.78, 5) is 12.1. The Morgan fingerprint density at radius 2 is 1.79 bits per heavy atom. The van der Waals surface area contributed by atoms with Crippen molar-refractivity contribution in [3.05, 3.63) is 66.6 Å². The van der Waals surface area contributed by atoms with Crippen molar-refractivity contribution >= 4 is 11.2 Å². The molecule has 0 bridgehead atoms. The number of hydrogen-bond acceptors (Lipinski definition) is 3. The van der Waals surface area contributed by atoms with Gasteiger partial charge in [-0.25, -0.2) is 14.4 Å². The van der Waals surface area contributed by atoms with E-state index >= 15 is 0 Å². The third-order valence-electron chi connectivity index (χ3n) is 3.89. The van der Waals surface area contributed by atoms with Crippen LogP contribution in [-0.2, 0) is 0 Å². The molecule has 4 nitrogen and oxygen atoms in total. The zero-order valence-electron chi connectivity index (χ0n) is 13.0. The predicted molar refractivity (Wildman–Crippen MR) is 91.3 cm³/mol. The number of halogens is 1. The Morgan fingerprint density at radius 3 is 2.54 bits per heavy atom. The number of benzene rings is 2. The maximum atomic E-state index is 14.0. The molecule has 5 heteroatoms. The Labute approximate surface area is 138 Å². The van der Waals surface area contributed by atoms with Crippen LogP contribution in [0.3, 0.4) is 0 Å². The lowest BCUT2D eigenvalue weighted by atomic mass is 10.1. The van der Waals surface area contributed by atoms with Crippen LogP contribution in [0.2, 0.25) is 0 Å². The second-order valence-electron chi connectivity index (χ2n) is 5.39. The van der Waals surface area contributed by atoms with Crippen LogP contribution in [0.25, 0.3) is 33.7 Å². The van der Waals surface area contributed by atoms with Crippen molar-refractivity contribution in [3.8, 4) is 28.3 Å². The number of H-pyrrole nitrogens is 1. The minimum Gasteiger partial charge on any atom is -0.497 e. The van der Waals surface area contributed by atoms with Gasteiger partial charge in [-0.1, -0.05) is 18.2 Å². The number of nitrogens with zero attached hydrogens (tertiary/aromatic N) is 2. The number of nitrogens with one attached hydrogen (secondary N) is 1. The lowest BCUT2D eigenvalue weighted by Gasteiger charge is -2.02. The fraction of sp³-hybridized carbons (Fsp3) is 0.0526. The van der Waals surface area contributed by atoms with Gasteiger partial charge in [0.25, 0.3) is 0 Å². The molecule has 24 heavy (non-hydrogen) atoms. The lowest BCUT2D eigenvalue weighted by Crippen LogP contribution is -1.85. The second-order valence-corrected chi connectivity index (χ2v) is 5.39. The Kier molecular flexibility index (Phi) is 3.46. The highest BCUT2D eigenvalue weighted by Crippen LogP contribution is 2.26. The summed E-state index contributed by atoms with van der Waals surface area (Å²) in [6.45, 7) is 0. The molecule has 0 fully saturated rings. The van der Waals surface area contributed by atoms with E-state index in [0.29, 0.717) is 22.6 Å². The highest BCUT2D eigenvalue weighted by atomic mass is 19.1. The molecule has 1 N–H and O–H groups in total. The fourth-order valence-corrected chi connectivity index (χ4v) is 2.63. The summed E-state index contributed by atoms with van der Waals surface area (Å²) in [6, 6.07) is 16.1. The summed E-state index contributed by atoms with van der Waals surface area (Å²) in [5.74, 6) is 1.23. The molecule has 0 spiro atoms. The molecule has 4 aromatic rings. The number of imidazole rings is 1. The average Bonchev–Trinajstić information content (AvgIpc) is 3.05. The molecule has 0 radical (unpaired) electrons. The Balaban J connectivity index is 1.77. The van der Waals surface area contributed by atoms with Crippen LogP contribution < -0.4 is 4.74 Å². The van der Waals surface area contributed by atoms with Gasteiger partial charge in [-0.2, -0.15) is 0 Å². The molecule has 4 rings (SSSR count). The molecule has 0 atom stereocenters. The minimum atomic E-state index is -0.270. The fourth-order valence-electron chi connectivity index (χ4n) is 2.63. The van der Waals surface area contributed by atoms with Crippen LogP contribution in [0.5, 0.6) is 5.75 Å². The summed E-state index contributed by atoms with van der Waals surface area (Å²) in [5.41, 5.74) is 3.53. The quantitative estimate of drug-likeness (QED) is 0.607. The zero-order chi connectivity index (χ0) is 16.5. The van der Waals surface area contributed by atoms with Gasteiger partial charge in [0.15, 0.2) is 5.65 Å². The molecular formula is C19H14FN3O. The van der Waals surface area contributed by atoms with Gasteiger partial charge < -0.3 is 9.72 Å². The molecule has 2 heterocycles. The first-order valence-corrected chi connectivity index (χ1v) is 7.50. The molecule has 0 aliphatic rings. The molecular weight excluding hydrogens is 305 g/mol. The topological polar surface area (TPSA) is 50.8 Å². The van der Waals surface area contributed by atoms with Crippen LogP contribution in [0, 0.1) is 5.82 Å². The molecule has 0 amide bonds. The van der Waals surface area contributed by atoms with Crippen LogP contribution in [-0.4, -0.2) is 22.1 Å². The summed E-state index contributed by atoms with van der Waals surface area (Å²) in [7, 11) is 1.63. The number of methoxy groups -OCH3 is 1. The van der Waals surface area contributed by atoms with E-state index in [4.69, 9.17) is 4.74 Å². The lowest BCUT2D eigenvalue weighted by molar-refractivity contribution is 0.415. The number of pyridine rings is 1. The van der Waals surface area contributed by atoms with Crippen LogP contribution >= 0.6 is 0 Å². The number of aromatic nitrogens is 3. The highest BCUT2D eigenvalue weighted by molar-refractivity contribution is 5.81. The second kappa shape index (κ2) is 5.77. The van der Waals surface area contributed by atoms with E-state index in [0.717, 1.165) is 16.8 Å². The van der Waals surface area contributed by atoms with Gasteiger partial charge in [0.05, 0.1) is 12.6 Å². The van der Waals surface area contributed by atoms with E-state index in [-0.39, 0.29) is 5.82 Å². The van der Waals surface area contributed by atoms with Crippen molar-refractivity contribution in [2.24, 2.45) is 0 Å². The van der Waals surface area contributed by atoms with Crippen molar-refractivity contribution in [2.75, 3.05) is 7.11 Å². The highest BCUT2D eigenvalue weighted by Gasteiger charge is 2.10. The van der Waals surface area contributed by atoms with Crippen molar-refractivity contribution in [1.29, 1.82) is 0 Å². The van der Waals surface area contributed by atoms with Gasteiger partial charge in [-0.15, -0.1) is 0 Å². The first kappa shape index (κ1) is 14.4. The number of hydrogen-bond donors (Lipinski definition) is 1. The molecule has 0 aliphatic carbocycles.